The Hall–Kier alpha value is -3.50. The minimum absolute atomic E-state index is 0.0560. The number of hydrogen-bond donors (Lipinski definition) is 2. The van der Waals surface area contributed by atoms with Crippen molar-refractivity contribution in [1.82, 2.24) is 10.3 Å². The van der Waals surface area contributed by atoms with Crippen molar-refractivity contribution < 1.29 is 9.59 Å². The van der Waals surface area contributed by atoms with E-state index in [0.717, 1.165) is 28.5 Å². The first-order valence-corrected chi connectivity index (χ1v) is 10.6. The SMILES string of the molecule is CC(=O)Cc1ccc(CCN[C@@H](C(=O)c2c[nH]c3ccccc23)c2ccccc2)cc1. The molecule has 0 aliphatic heterocycles. The molecule has 0 amide bonds. The summed E-state index contributed by atoms with van der Waals surface area (Å²) in [5.74, 6) is 0.219. The molecule has 0 aliphatic rings. The van der Waals surface area contributed by atoms with Gasteiger partial charge in [-0.25, -0.2) is 0 Å². The first kappa shape index (κ1) is 20.8. The van der Waals surface area contributed by atoms with Crippen LogP contribution in [0.3, 0.4) is 0 Å². The molecule has 156 valence electrons. The van der Waals surface area contributed by atoms with Crippen LogP contribution in [0.5, 0.6) is 0 Å². The molecular formula is C27H26N2O2. The van der Waals surface area contributed by atoms with Crippen molar-refractivity contribution in [2.24, 2.45) is 0 Å². The summed E-state index contributed by atoms with van der Waals surface area (Å²) in [7, 11) is 0. The van der Waals surface area contributed by atoms with E-state index < -0.39 is 6.04 Å². The van der Waals surface area contributed by atoms with E-state index in [4.69, 9.17) is 0 Å². The number of aromatic nitrogens is 1. The van der Waals surface area contributed by atoms with Gasteiger partial charge in [0.05, 0.1) is 6.04 Å². The van der Waals surface area contributed by atoms with E-state index in [-0.39, 0.29) is 11.6 Å². The zero-order chi connectivity index (χ0) is 21.6. The lowest BCUT2D eigenvalue weighted by Crippen LogP contribution is -2.30. The molecule has 0 unspecified atom stereocenters. The van der Waals surface area contributed by atoms with Crippen molar-refractivity contribution >= 4 is 22.5 Å². The molecule has 1 heterocycles. The highest BCUT2D eigenvalue weighted by molar-refractivity contribution is 6.10. The fourth-order valence-electron chi connectivity index (χ4n) is 3.91. The maximum atomic E-state index is 13.5. The Kier molecular flexibility index (Phi) is 6.39. The van der Waals surface area contributed by atoms with Gasteiger partial charge in [-0.2, -0.15) is 0 Å². The fourth-order valence-corrected chi connectivity index (χ4v) is 3.91. The van der Waals surface area contributed by atoms with Crippen LogP contribution in [0.25, 0.3) is 10.9 Å². The number of H-pyrrole nitrogens is 1. The van der Waals surface area contributed by atoms with Crippen molar-refractivity contribution in [2.45, 2.75) is 25.8 Å². The molecule has 0 radical (unpaired) electrons. The second-order valence-corrected chi connectivity index (χ2v) is 7.86. The van der Waals surface area contributed by atoms with Gasteiger partial charge in [-0.05, 0) is 36.1 Å². The molecule has 4 rings (SSSR count). The summed E-state index contributed by atoms with van der Waals surface area (Å²) >= 11 is 0. The predicted octanol–water partition coefficient (Wildman–Crippen LogP) is 5.06. The number of rotatable bonds is 9. The van der Waals surface area contributed by atoms with E-state index in [1.54, 1.807) is 13.1 Å². The van der Waals surface area contributed by atoms with Gasteiger partial charge < -0.3 is 10.3 Å². The number of aromatic amines is 1. The van der Waals surface area contributed by atoms with E-state index in [0.29, 0.717) is 18.5 Å². The molecule has 0 aliphatic carbocycles. The van der Waals surface area contributed by atoms with E-state index in [1.165, 1.54) is 5.56 Å². The molecular weight excluding hydrogens is 384 g/mol. The Morgan fingerprint density at radius 1 is 0.871 bits per heavy atom. The average molecular weight is 411 g/mol. The van der Waals surface area contributed by atoms with Gasteiger partial charge >= 0.3 is 0 Å². The van der Waals surface area contributed by atoms with Gasteiger partial charge in [0, 0.05) is 35.6 Å². The number of benzene rings is 3. The van der Waals surface area contributed by atoms with Gasteiger partial charge in [0.2, 0.25) is 0 Å². The number of nitrogens with one attached hydrogen (secondary N) is 2. The van der Waals surface area contributed by atoms with Crippen molar-refractivity contribution in [2.75, 3.05) is 6.54 Å². The smallest absolute Gasteiger partial charge is 0.186 e. The number of ketones is 2. The Bertz CT molecular complexity index is 1180. The zero-order valence-electron chi connectivity index (χ0n) is 17.6. The standard InChI is InChI=1S/C27H26N2O2/c1-19(30)17-21-13-11-20(12-14-21)15-16-28-26(22-7-3-2-4-8-22)27(31)24-18-29-25-10-6-5-9-23(24)25/h2-14,18,26,28-29H,15-17H2,1H3/t26-/m1/s1. The van der Waals surface area contributed by atoms with Gasteiger partial charge in [-0.3, -0.25) is 9.59 Å². The summed E-state index contributed by atoms with van der Waals surface area (Å²) < 4.78 is 0. The monoisotopic (exact) mass is 410 g/mol. The minimum Gasteiger partial charge on any atom is -0.360 e. The second-order valence-electron chi connectivity index (χ2n) is 7.86. The molecule has 0 bridgehead atoms. The van der Waals surface area contributed by atoms with Crippen LogP contribution in [-0.2, 0) is 17.6 Å². The third-order valence-electron chi connectivity index (χ3n) is 5.49. The van der Waals surface area contributed by atoms with Gasteiger partial charge in [0.25, 0.3) is 0 Å². The van der Waals surface area contributed by atoms with E-state index >= 15 is 0 Å². The highest BCUT2D eigenvalue weighted by atomic mass is 16.1. The van der Waals surface area contributed by atoms with Crippen LogP contribution in [-0.4, -0.2) is 23.1 Å². The van der Waals surface area contributed by atoms with Crippen LogP contribution in [0.1, 0.15) is 40.0 Å². The summed E-state index contributed by atoms with van der Waals surface area (Å²) in [4.78, 5) is 28.0. The van der Waals surface area contributed by atoms with Crippen LogP contribution < -0.4 is 5.32 Å². The maximum Gasteiger partial charge on any atom is 0.186 e. The van der Waals surface area contributed by atoms with Gasteiger partial charge in [0.15, 0.2) is 5.78 Å². The molecule has 4 nitrogen and oxygen atoms in total. The van der Waals surface area contributed by atoms with Gasteiger partial charge in [-0.15, -0.1) is 0 Å². The van der Waals surface area contributed by atoms with Crippen LogP contribution in [0.15, 0.2) is 85.1 Å². The van der Waals surface area contributed by atoms with Gasteiger partial charge in [-0.1, -0.05) is 72.8 Å². The van der Waals surface area contributed by atoms with E-state index in [9.17, 15) is 9.59 Å². The quantitative estimate of drug-likeness (QED) is 0.379. The Morgan fingerprint density at radius 3 is 2.29 bits per heavy atom. The van der Waals surface area contributed by atoms with Gasteiger partial charge in [0.1, 0.15) is 5.78 Å². The molecule has 4 aromatic rings. The molecule has 0 spiro atoms. The molecule has 1 atom stereocenters. The third-order valence-corrected chi connectivity index (χ3v) is 5.49. The molecule has 0 fully saturated rings. The van der Waals surface area contributed by atoms with Crippen molar-refractivity contribution in [3.8, 4) is 0 Å². The van der Waals surface area contributed by atoms with E-state index in [1.807, 2.05) is 66.7 Å². The Labute approximate surface area is 182 Å². The molecule has 1 aromatic heterocycles. The van der Waals surface area contributed by atoms with Crippen LogP contribution in [0, 0.1) is 0 Å². The number of carbonyl (C=O) groups excluding carboxylic acids is 2. The first-order chi connectivity index (χ1) is 15.1. The number of Topliss-reactive ketones (excluding diaryl/α,β-unsaturated/α-hetero) is 2. The molecule has 3 aromatic carbocycles. The maximum absolute atomic E-state index is 13.5. The molecule has 2 N–H and O–H groups in total. The van der Waals surface area contributed by atoms with Crippen LogP contribution in [0.2, 0.25) is 0 Å². The number of para-hydroxylation sites is 1. The van der Waals surface area contributed by atoms with Crippen molar-refractivity contribution in [3.63, 3.8) is 0 Å². The largest absolute Gasteiger partial charge is 0.360 e. The van der Waals surface area contributed by atoms with Crippen LogP contribution in [0.4, 0.5) is 0 Å². The number of carbonyl (C=O) groups is 2. The molecule has 0 saturated heterocycles. The summed E-state index contributed by atoms with van der Waals surface area (Å²) in [6, 6.07) is 25.4. The first-order valence-electron chi connectivity index (χ1n) is 10.6. The zero-order valence-corrected chi connectivity index (χ0v) is 17.6. The highest BCUT2D eigenvalue weighted by Crippen LogP contribution is 2.24. The summed E-state index contributed by atoms with van der Waals surface area (Å²) in [5, 5.41) is 4.41. The number of fused-ring (bicyclic) bond motifs is 1. The second kappa shape index (κ2) is 9.54. The normalized spacial score (nSPS) is 12.0. The summed E-state index contributed by atoms with van der Waals surface area (Å²) in [6.07, 6.45) is 3.07. The van der Waals surface area contributed by atoms with Crippen molar-refractivity contribution in [1.29, 1.82) is 0 Å². The third kappa shape index (κ3) is 4.98. The summed E-state index contributed by atoms with van der Waals surface area (Å²) in [5.41, 5.74) is 4.82. The summed E-state index contributed by atoms with van der Waals surface area (Å²) in [6.45, 7) is 2.27. The molecule has 4 heteroatoms. The fraction of sp³-hybridized carbons (Fsp3) is 0.185. The molecule has 31 heavy (non-hydrogen) atoms. The average Bonchev–Trinajstić information content (AvgIpc) is 3.22. The highest BCUT2D eigenvalue weighted by Gasteiger charge is 2.23. The van der Waals surface area contributed by atoms with Crippen molar-refractivity contribution in [3.05, 3.63) is 107 Å². The minimum atomic E-state index is -0.419. The lowest BCUT2D eigenvalue weighted by atomic mass is 9.96. The lowest BCUT2D eigenvalue weighted by Gasteiger charge is -2.18. The lowest BCUT2D eigenvalue weighted by molar-refractivity contribution is -0.116. The van der Waals surface area contributed by atoms with Crippen LogP contribution >= 0.6 is 0 Å². The topological polar surface area (TPSA) is 62.0 Å². The number of hydrogen-bond acceptors (Lipinski definition) is 3. The predicted molar refractivity (Wildman–Crippen MR) is 124 cm³/mol. The Balaban J connectivity index is 1.50. The van der Waals surface area contributed by atoms with E-state index in [2.05, 4.69) is 22.4 Å². The Morgan fingerprint density at radius 2 is 1.55 bits per heavy atom. The molecule has 0 saturated carbocycles.